The van der Waals surface area contributed by atoms with E-state index in [-0.39, 0.29) is 23.2 Å². The van der Waals surface area contributed by atoms with Crippen molar-refractivity contribution in [3.05, 3.63) is 442 Å². The normalized spacial score (nSPS) is 16.4. The molecule has 7 heteroatoms. The van der Waals surface area contributed by atoms with Gasteiger partial charge in [0.15, 0.2) is 23.3 Å². The maximum Gasteiger partial charge on any atom is 0.200 e. The van der Waals surface area contributed by atoms with Gasteiger partial charge in [0.2, 0.25) is 5.82 Å². The lowest BCUT2D eigenvalue weighted by Crippen LogP contribution is -2.33. The summed E-state index contributed by atoms with van der Waals surface area (Å²) in [6, 6.07) is 92.7. The predicted octanol–water partition coefficient (Wildman–Crippen LogP) is 23.7. The average Bonchev–Trinajstić information content (AvgIpc) is 1.57. The van der Waals surface area contributed by atoms with Gasteiger partial charge in [0.25, 0.3) is 0 Å². The van der Waals surface area contributed by atoms with E-state index in [9.17, 15) is 5.48 Å². The van der Waals surface area contributed by atoms with Crippen molar-refractivity contribution in [2.75, 3.05) is 9.80 Å². The second kappa shape index (κ2) is 23.3. The van der Waals surface area contributed by atoms with E-state index in [1.54, 1.807) is 60.7 Å². The fraction of sp³-hybridized carbons (Fsp3) is 0.0330. The van der Waals surface area contributed by atoms with Crippen LogP contribution < -0.4 is 9.80 Å². The van der Waals surface area contributed by atoms with E-state index in [1.165, 1.54) is 0 Å². The lowest BCUT2D eigenvalue weighted by molar-refractivity contribution is 0.363. The molecule has 0 aromatic heterocycles. The highest BCUT2D eigenvalue weighted by Gasteiger charge is 2.53. The molecule has 14 aromatic carbocycles. The van der Waals surface area contributed by atoms with Gasteiger partial charge in [-0.15, -0.1) is 0 Å². The van der Waals surface area contributed by atoms with Crippen LogP contribution in [0, 0.1) is 29.1 Å². The first-order chi connectivity index (χ1) is 50.2. The number of fused-ring (bicyclic) bond motifs is 9. The first kappa shape index (κ1) is 54.1. The van der Waals surface area contributed by atoms with E-state index in [0.717, 1.165) is 78.3 Å². The number of para-hydroxylation sites is 2. The molecule has 2 atom stereocenters. The van der Waals surface area contributed by atoms with Crippen molar-refractivity contribution in [2.45, 2.75) is 16.2 Å². The van der Waals surface area contributed by atoms with Gasteiger partial charge in [0.05, 0.1) is 23.1 Å². The van der Waals surface area contributed by atoms with Gasteiger partial charge in [0, 0.05) is 39.7 Å². The number of rotatable bonds is 14. The molecule has 3 aliphatic rings. The van der Waals surface area contributed by atoms with E-state index >= 15 is 22.0 Å². The van der Waals surface area contributed by atoms with Crippen LogP contribution in [0.4, 0.5) is 56.1 Å². The molecule has 3 aliphatic carbocycles. The molecule has 0 fully saturated rings. The summed E-state index contributed by atoms with van der Waals surface area (Å²) < 4.78 is 129. The van der Waals surface area contributed by atoms with Crippen molar-refractivity contribution in [3.8, 4) is 33.4 Å². The molecule has 0 bridgehead atoms. The fourth-order valence-corrected chi connectivity index (χ4v) is 16.2. The number of nitrogens with zero attached hydrogens (tertiary/aromatic N) is 2. The highest BCUT2D eigenvalue weighted by Crippen LogP contribution is 2.63. The Morgan fingerprint density at radius 2 is 0.561 bits per heavy atom. The quantitative estimate of drug-likeness (QED) is 0.0608. The van der Waals surface area contributed by atoms with Gasteiger partial charge in [0.1, 0.15) is 0 Å². The van der Waals surface area contributed by atoms with Crippen molar-refractivity contribution < 1.29 is 28.8 Å². The minimum Gasteiger partial charge on any atom is -0.310 e. The molecule has 0 amide bonds. The summed E-state index contributed by atoms with van der Waals surface area (Å²) in [6.45, 7) is 7.95. The van der Waals surface area contributed by atoms with Crippen LogP contribution in [0.15, 0.2) is 335 Å². The van der Waals surface area contributed by atoms with Gasteiger partial charge < -0.3 is 9.80 Å². The Bertz CT molecular complexity index is 5400. The average molecular weight is 1280 g/mol. The Morgan fingerprint density at radius 1 is 0.265 bits per heavy atom. The second-order valence-corrected chi connectivity index (χ2v) is 24.9. The lowest BCUT2D eigenvalue weighted by atomic mass is 9.67. The fourth-order valence-electron chi connectivity index (χ4n) is 16.2. The van der Waals surface area contributed by atoms with Crippen molar-refractivity contribution >= 4 is 46.3 Å². The molecule has 0 radical (unpaired) electrons. The SMILES string of the molecule is [2H]c1c([2H])c([2H])c(C2(c3ccc(C=C)cc3)c3ccccc3-c3ccc(N(c4ccccc4)c4ccc5c(c4)C(c4ccccc4)(c4ccccc4)c4cc(N(c6ccccc6)c6ccc7c(c6)C(c6ccc(C=C)cc6)(c6c(F)c(F)c(F)c(F)c6F)c6ccccc6-7)ccc4-5)cc32)c([2H])c1[2H]. The summed E-state index contributed by atoms with van der Waals surface area (Å²) in [5, 5.41) is 0. The first-order valence-corrected chi connectivity index (χ1v) is 32.3. The Kier molecular flexibility index (Phi) is 12.9. The van der Waals surface area contributed by atoms with Crippen molar-refractivity contribution in [1.82, 2.24) is 0 Å². The number of halogens is 5. The number of benzene rings is 14. The van der Waals surface area contributed by atoms with Gasteiger partial charge in [-0.1, -0.05) is 274 Å². The maximum atomic E-state index is 17.3. The monoisotopic (exact) mass is 1280 g/mol. The topological polar surface area (TPSA) is 6.48 Å². The molecular weight excluding hydrogens is 1220 g/mol. The van der Waals surface area contributed by atoms with E-state index in [2.05, 4.69) is 114 Å². The molecule has 2 unspecified atom stereocenters. The summed E-state index contributed by atoms with van der Waals surface area (Å²) >= 11 is 0. The number of anilines is 6. The Hall–Kier alpha value is -12.2. The molecule has 0 saturated carbocycles. The smallest absolute Gasteiger partial charge is 0.200 e. The molecule has 14 aromatic rings. The van der Waals surface area contributed by atoms with Gasteiger partial charge in [-0.2, -0.15) is 0 Å². The van der Waals surface area contributed by atoms with Crippen LogP contribution in [0.3, 0.4) is 0 Å². The molecular formula is C91H59F5N2. The van der Waals surface area contributed by atoms with Gasteiger partial charge in [-0.3, -0.25) is 0 Å². The molecule has 0 heterocycles. The molecule has 0 spiro atoms. The van der Waals surface area contributed by atoms with Crippen LogP contribution >= 0.6 is 0 Å². The van der Waals surface area contributed by atoms with E-state index in [4.69, 9.17) is 1.37 Å². The molecule has 17 rings (SSSR count). The second-order valence-electron chi connectivity index (χ2n) is 24.9. The third-order valence-corrected chi connectivity index (χ3v) is 20.3. The number of hydrogen-bond acceptors (Lipinski definition) is 2. The lowest BCUT2D eigenvalue weighted by Gasteiger charge is -2.36. The molecule has 468 valence electrons. The van der Waals surface area contributed by atoms with Crippen molar-refractivity contribution in [2.24, 2.45) is 0 Å². The summed E-state index contributed by atoms with van der Waals surface area (Å²) in [6.07, 6.45) is 3.36. The minimum atomic E-state index is -2.26. The minimum absolute atomic E-state index is 0.129. The van der Waals surface area contributed by atoms with Gasteiger partial charge >= 0.3 is 0 Å². The largest absolute Gasteiger partial charge is 0.310 e. The summed E-state index contributed by atoms with van der Waals surface area (Å²) in [5.41, 5.74) is 11.9. The highest BCUT2D eigenvalue weighted by atomic mass is 19.2. The van der Waals surface area contributed by atoms with E-state index in [0.29, 0.717) is 50.4 Å². The van der Waals surface area contributed by atoms with Crippen LogP contribution in [0.25, 0.3) is 45.5 Å². The van der Waals surface area contributed by atoms with Crippen LogP contribution in [0.2, 0.25) is 0 Å². The van der Waals surface area contributed by atoms with Crippen LogP contribution in [-0.2, 0) is 16.2 Å². The Balaban J connectivity index is 0.896. The van der Waals surface area contributed by atoms with Gasteiger partial charge in [-0.05, 0) is 179 Å². The van der Waals surface area contributed by atoms with Gasteiger partial charge in [-0.25, -0.2) is 22.0 Å². The molecule has 98 heavy (non-hydrogen) atoms. The van der Waals surface area contributed by atoms with Crippen molar-refractivity contribution in [3.63, 3.8) is 0 Å². The maximum absolute atomic E-state index is 17.3. The highest BCUT2D eigenvalue weighted by molar-refractivity contribution is 5.95. The molecule has 2 nitrogen and oxygen atoms in total. The molecule has 0 aliphatic heterocycles. The Morgan fingerprint density at radius 3 is 0.949 bits per heavy atom. The zero-order valence-corrected chi connectivity index (χ0v) is 52.6. The van der Waals surface area contributed by atoms with E-state index in [1.807, 2.05) is 152 Å². The number of hydrogen-bond donors (Lipinski definition) is 0. The summed E-state index contributed by atoms with van der Waals surface area (Å²) in [7, 11) is 0. The van der Waals surface area contributed by atoms with Crippen molar-refractivity contribution in [1.29, 1.82) is 0 Å². The third kappa shape index (κ3) is 8.65. The predicted molar refractivity (Wildman–Crippen MR) is 388 cm³/mol. The van der Waals surface area contributed by atoms with Crippen LogP contribution in [0.5, 0.6) is 0 Å². The first-order valence-electron chi connectivity index (χ1n) is 34.8. The van der Waals surface area contributed by atoms with Crippen LogP contribution in [0.1, 0.15) is 84.7 Å². The summed E-state index contributed by atoms with van der Waals surface area (Å²) in [4.78, 5) is 4.26. The van der Waals surface area contributed by atoms with E-state index < -0.39 is 69.0 Å². The zero-order chi connectivity index (χ0) is 70.8. The standard InChI is InChI=1S/C91H59F5N2/c1-3-58-38-42-63(43-39-58)89(60-24-10-5-11-25-60)77-36-22-20-34-71(77)73-50-46-67(54-79(73)89)97(65-30-16-8-17-31-65)68-48-52-75-76-53-49-69(56-81(76)90(80(75)55-68,61-26-12-6-13-27-61)62-28-14-7-15-29-62)98(66-32-18-9-19-33-66)70-47-51-74-72-35-21-23-37-78(72)91(82(74)57-70,64-44-40-59(4-2)41-45-64)83-84(92)86(94)88(96)87(95)85(83)93/h3-57H,1-2H2/i5D,10D,11D,24D,25D. The molecule has 0 saturated heterocycles. The van der Waals surface area contributed by atoms with Crippen LogP contribution in [-0.4, -0.2) is 0 Å². The zero-order valence-electron chi connectivity index (χ0n) is 57.6. The third-order valence-electron chi connectivity index (χ3n) is 20.3. The summed E-state index contributed by atoms with van der Waals surface area (Å²) in [5.74, 6) is -10.3. The molecule has 0 N–H and O–H groups in total. The Labute approximate surface area is 573 Å².